The Morgan fingerprint density at radius 2 is 1.67 bits per heavy atom. The van der Waals surface area contributed by atoms with Crippen LogP contribution in [0.4, 0.5) is 0 Å². The summed E-state index contributed by atoms with van der Waals surface area (Å²) in [7, 11) is 4.63. The molecule has 0 bridgehead atoms. The average molecular weight is 505 g/mol. The first-order valence-corrected chi connectivity index (χ1v) is 12.6. The van der Waals surface area contributed by atoms with Gasteiger partial charge in [0.2, 0.25) is 0 Å². The first-order chi connectivity index (χ1) is 16.0. The van der Waals surface area contributed by atoms with Crippen molar-refractivity contribution >= 4 is 47.0 Å². The number of methoxy groups -OCH3 is 3. The summed E-state index contributed by atoms with van der Waals surface area (Å²) < 4.78 is 17.6. The van der Waals surface area contributed by atoms with Crippen molar-refractivity contribution in [2.24, 2.45) is 5.10 Å². The molecule has 3 rings (SSSR count). The summed E-state index contributed by atoms with van der Waals surface area (Å²) in [5.74, 6) is 2.37. The Bertz CT molecular complexity index is 1080. The Morgan fingerprint density at radius 3 is 2.27 bits per heavy atom. The van der Waals surface area contributed by atoms with Crippen molar-refractivity contribution in [2.75, 3.05) is 27.1 Å². The maximum absolute atomic E-state index is 12.2. The number of aryl methyl sites for hydroxylation is 1. The molecule has 0 unspecified atom stereocenters. The molecule has 1 aromatic heterocycles. The van der Waals surface area contributed by atoms with Crippen molar-refractivity contribution < 1.29 is 19.0 Å². The van der Waals surface area contributed by atoms with Crippen LogP contribution >= 0.6 is 34.9 Å². The fraction of sp³-hybridized carbons (Fsp3) is 0.273. The van der Waals surface area contributed by atoms with E-state index in [1.54, 1.807) is 31.0 Å². The number of rotatable bonds is 11. The highest BCUT2D eigenvalue weighted by Crippen LogP contribution is 2.33. The summed E-state index contributed by atoms with van der Waals surface area (Å²) >= 11 is 4.42. The van der Waals surface area contributed by atoms with Gasteiger partial charge in [-0.3, -0.25) is 4.79 Å². The standard InChI is InChI=1S/C22H24N4O4S3/c1-14-5-7-15(8-6-14)12-31-21-25-26-22(33-21)32-13-20(27)24-23-11-17-18(29-3)9-16(28-2)10-19(17)30-4/h5-11H,12-13H2,1-4H3,(H,24,27)/b23-11-. The molecule has 0 fully saturated rings. The predicted octanol–water partition coefficient (Wildman–Crippen LogP) is 4.41. The lowest BCUT2D eigenvalue weighted by molar-refractivity contribution is -0.118. The first kappa shape index (κ1) is 24.9. The van der Waals surface area contributed by atoms with E-state index in [-0.39, 0.29) is 11.7 Å². The molecule has 174 valence electrons. The van der Waals surface area contributed by atoms with Crippen molar-refractivity contribution in [1.29, 1.82) is 0 Å². The van der Waals surface area contributed by atoms with Gasteiger partial charge in [-0.05, 0) is 12.5 Å². The maximum Gasteiger partial charge on any atom is 0.250 e. The van der Waals surface area contributed by atoms with Crippen molar-refractivity contribution in [2.45, 2.75) is 21.4 Å². The van der Waals surface area contributed by atoms with Gasteiger partial charge in [0, 0.05) is 17.9 Å². The van der Waals surface area contributed by atoms with Gasteiger partial charge in [0.15, 0.2) is 8.68 Å². The van der Waals surface area contributed by atoms with E-state index in [0.717, 1.165) is 14.4 Å². The van der Waals surface area contributed by atoms with Crippen LogP contribution in [0.1, 0.15) is 16.7 Å². The number of amides is 1. The molecule has 11 heteroatoms. The zero-order valence-corrected chi connectivity index (χ0v) is 21.1. The summed E-state index contributed by atoms with van der Waals surface area (Å²) in [4.78, 5) is 12.2. The van der Waals surface area contributed by atoms with Gasteiger partial charge in [-0.1, -0.05) is 64.7 Å². The van der Waals surface area contributed by atoms with Crippen LogP contribution in [0.2, 0.25) is 0 Å². The molecular weight excluding hydrogens is 480 g/mol. The Morgan fingerprint density at radius 1 is 1.03 bits per heavy atom. The number of nitrogens with zero attached hydrogens (tertiary/aromatic N) is 3. The van der Waals surface area contributed by atoms with E-state index in [0.29, 0.717) is 22.8 Å². The molecule has 0 saturated carbocycles. The molecular formula is C22H24N4O4S3. The Hall–Kier alpha value is -2.76. The number of nitrogens with one attached hydrogen (secondary N) is 1. The molecule has 2 aromatic carbocycles. The van der Waals surface area contributed by atoms with Gasteiger partial charge in [0.1, 0.15) is 17.2 Å². The third-order valence-corrected chi connectivity index (χ3v) is 7.59. The molecule has 0 aliphatic rings. The highest BCUT2D eigenvalue weighted by atomic mass is 32.2. The number of thioether (sulfide) groups is 2. The smallest absolute Gasteiger partial charge is 0.250 e. The van der Waals surface area contributed by atoms with E-state index >= 15 is 0 Å². The molecule has 0 spiro atoms. The molecule has 3 aromatic rings. The molecule has 1 amide bonds. The molecule has 0 radical (unpaired) electrons. The van der Waals surface area contributed by atoms with E-state index < -0.39 is 0 Å². The highest BCUT2D eigenvalue weighted by Gasteiger charge is 2.12. The summed E-state index contributed by atoms with van der Waals surface area (Å²) in [5.41, 5.74) is 5.57. The largest absolute Gasteiger partial charge is 0.496 e. The number of benzene rings is 2. The topological polar surface area (TPSA) is 94.9 Å². The highest BCUT2D eigenvalue weighted by molar-refractivity contribution is 8.03. The summed E-state index contributed by atoms with van der Waals surface area (Å²) in [6.45, 7) is 2.07. The van der Waals surface area contributed by atoms with Crippen molar-refractivity contribution in [1.82, 2.24) is 15.6 Å². The van der Waals surface area contributed by atoms with Gasteiger partial charge in [-0.2, -0.15) is 5.10 Å². The normalized spacial score (nSPS) is 10.9. The fourth-order valence-corrected chi connectivity index (χ4v) is 5.40. The summed E-state index contributed by atoms with van der Waals surface area (Å²) in [6.07, 6.45) is 1.48. The minimum absolute atomic E-state index is 0.172. The van der Waals surface area contributed by atoms with Crippen molar-refractivity contribution in [3.8, 4) is 17.2 Å². The maximum atomic E-state index is 12.2. The van der Waals surface area contributed by atoms with Gasteiger partial charge in [-0.15, -0.1) is 10.2 Å². The van der Waals surface area contributed by atoms with Gasteiger partial charge >= 0.3 is 0 Å². The predicted molar refractivity (Wildman–Crippen MR) is 133 cm³/mol. The van der Waals surface area contributed by atoms with E-state index in [2.05, 4.69) is 51.9 Å². The van der Waals surface area contributed by atoms with Gasteiger partial charge in [0.05, 0.1) is 38.9 Å². The monoisotopic (exact) mass is 504 g/mol. The van der Waals surface area contributed by atoms with Crippen LogP contribution in [0, 0.1) is 6.92 Å². The second kappa shape index (κ2) is 12.5. The van der Waals surface area contributed by atoms with Crippen LogP contribution in [0.15, 0.2) is 50.2 Å². The Labute approximate surface area is 205 Å². The number of ether oxygens (including phenoxy) is 3. The number of carbonyl (C=O) groups is 1. The summed E-state index contributed by atoms with van der Waals surface area (Å²) in [6, 6.07) is 11.8. The molecule has 0 aliphatic carbocycles. The quantitative estimate of drug-likeness (QED) is 0.233. The van der Waals surface area contributed by atoms with Crippen molar-refractivity contribution in [3.63, 3.8) is 0 Å². The van der Waals surface area contributed by atoms with Crippen LogP contribution in [0.3, 0.4) is 0 Å². The number of hydrogen-bond donors (Lipinski definition) is 1. The number of hydrogen-bond acceptors (Lipinski definition) is 10. The average Bonchev–Trinajstić information content (AvgIpc) is 3.30. The summed E-state index contributed by atoms with van der Waals surface area (Å²) in [5, 5.41) is 12.4. The second-order valence-electron chi connectivity index (χ2n) is 6.64. The van der Waals surface area contributed by atoms with E-state index in [9.17, 15) is 4.79 Å². The van der Waals surface area contributed by atoms with Gasteiger partial charge < -0.3 is 14.2 Å². The molecule has 33 heavy (non-hydrogen) atoms. The molecule has 0 atom stereocenters. The molecule has 0 saturated heterocycles. The van der Waals surface area contributed by atoms with Crippen LogP contribution in [-0.4, -0.2) is 49.4 Å². The third kappa shape index (κ3) is 7.37. The number of hydrazone groups is 1. The van der Waals surface area contributed by atoms with E-state index in [1.807, 2.05) is 0 Å². The molecule has 1 heterocycles. The number of carbonyl (C=O) groups excluding carboxylic acids is 1. The van der Waals surface area contributed by atoms with Crippen LogP contribution in [0.25, 0.3) is 0 Å². The molecule has 0 aliphatic heterocycles. The van der Waals surface area contributed by atoms with Gasteiger partial charge in [-0.25, -0.2) is 5.43 Å². The lowest BCUT2D eigenvalue weighted by Gasteiger charge is -2.12. The minimum Gasteiger partial charge on any atom is -0.496 e. The van der Waals surface area contributed by atoms with Crippen LogP contribution < -0.4 is 19.6 Å². The van der Waals surface area contributed by atoms with Crippen molar-refractivity contribution in [3.05, 3.63) is 53.1 Å². The van der Waals surface area contributed by atoms with E-state index in [4.69, 9.17) is 14.2 Å². The second-order valence-corrected chi connectivity index (χ2v) is 10.1. The molecule has 1 N–H and O–H groups in total. The zero-order chi connectivity index (χ0) is 23.6. The number of aromatic nitrogens is 2. The zero-order valence-electron chi connectivity index (χ0n) is 18.7. The van der Waals surface area contributed by atoms with Crippen LogP contribution in [0.5, 0.6) is 17.2 Å². The van der Waals surface area contributed by atoms with Crippen LogP contribution in [-0.2, 0) is 10.5 Å². The fourth-order valence-electron chi connectivity index (χ4n) is 2.63. The lowest BCUT2D eigenvalue weighted by atomic mass is 10.2. The Kier molecular flexibility index (Phi) is 9.40. The van der Waals surface area contributed by atoms with E-state index in [1.165, 1.54) is 54.7 Å². The lowest BCUT2D eigenvalue weighted by Crippen LogP contribution is -2.19. The third-order valence-electron chi connectivity index (χ3n) is 4.33. The molecule has 8 nitrogen and oxygen atoms in total. The first-order valence-electron chi connectivity index (χ1n) is 9.79. The minimum atomic E-state index is -0.258. The SMILES string of the molecule is COc1cc(OC)c(/C=N\NC(=O)CSc2nnc(SCc3ccc(C)cc3)s2)c(OC)c1. The Balaban J connectivity index is 1.49. The van der Waals surface area contributed by atoms with Gasteiger partial charge in [0.25, 0.3) is 5.91 Å².